The maximum absolute atomic E-state index is 11.1. The molecular weight excluding hydrogens is 252 g/mol. The van der Waals surface area contributed by atoms with E-state index in [1.54, 1.807) is 12.1 Å². The van der Waals surface area contributed by atoms with Crippen molar-refractivity contribution in [3.8, 4) is 5.75 Å². The molecule has 0 bridgehead atoms. The fourth-order valence-corrected chi connectivity index (χ4v) is 2.53. The highest BCUT2D eigenvalue weighted by atomic mass is 16.4. The lowest BCUT2D eigenvalue weighted by Crippen LogP contribution is -2.20. The molecule has 0 atom stereocenters. The Kier molecular flexibility index (Phi) is 3.53. The van der Waals surface area contributed by atoms with E-state index in [0.717, 1.165) is 16.7 Å². The van der Waals surface area contributed by atoms with Crippen molar-refractivity contribution in [1.29, 1.82) is 0 Å². The van der Waals surface area contributed by atoms with Crippen molar-refractivity contribution in [1.82, 2.24) is 0 Å². The van der Waals surface area contributed by atoms with Crippen LogP contribution in [0.2, 0.25) is 0 Å². The summed E-state index contributed by atoms with van der Waals surface area (Å²) in [5.41, 5.74) is 2.76. The summed E-state index contributed by atoms with van der Waals surface area (Å²) in [7, 11) is 0. The normalized spacial score (nSPS) is 11.3. The highest BCUT2D eigenvalue weighted by Gasteiger charge is 2.26. The molecule has 0 spiro atoms. The lowest BCUT2D eigenvalue weighted by atomic mass is 9.76. The van der Waals surface area contributed by atoms with Gasteiger partial charge >= 0.3 is 5.97 Å². The van der Waals surface area contributed by atoms with E-state index < -0.39 is 5.97 Å². The van der Waals surface area contributed by atoms with Gasteiger partial charge in [-0.3, -0.25) is 0 Å². The molecule has 0 amide bonds. The van der Waals surface area contributed by atoms with E-state index in [9.17, 15) is 9.90 Å². The number of rotatable bonds is 3. The minimum absolute atomic E-state index is 0.0656. The second kappa shape index (κ2) is 5.00. The Morgan fingerprint density at radius 2 is 1.75 bits per heavy atom. The maximum Gasteiger partial charge on any atom is 0.339 e. The van der Waals surface area contributed by atoms with Crippen molar-refractivity contribution in [2.45, 2.75) is 26.2 Å². The third-order valence-corrected chi connectivity index (χ3v) is 3.77. The second-order valence-electron chi connectivity index (χ2n) is 5.48. The highest BCUT2D eigenvalue weighted by molar-refractivity contribution is 5.91. The van der Waals surface area contributed by atoms with Crippen molar-refractivity contribution in [2.24, 2.45) is 0 Å². The lowest BCUT2D eigenvalue weighted by Gasteiger charge is -2.28. The van der Waals surface area contributed by atoms with Crippen LogP contribution in [-0.2, 0) is 5.41 Å². The second-order valence-corrected chi connectivity index (χ2v) is 5.48. The molecule has 2 aromatic rings. The van der Waals surface area contributed by atoms with E-state index in [0.29, 0.717) is 0 Å². The number of aryl methyl sites for hydroxylation is 1. The number of hydrogen-bond acceptors (Lipinski definition) is 2. The summed E-state index contributed by atoms with van der Waals surface area (Å²) in [6.07, 6.45) is 0. The molecule has 0 aliphatic carbocycles. The monoisotopic (exact) mass is 270 g/mol. The van der Waals surface area contributed by atoms with Gasteiger partial charge in [0, 0.05) is 5.41 Å². The summed E-state index contributed by atoms with van der Waals surface area (Å²) < 4.78 is 0. The molecular formula is C17H18O3. The summed E-state index contributed by atoms with van der Waals surface area (Å²) in [5.74, 6) is -1.33. The van der Waals surface area contributed by atoms with Crippen molar-refractivity contribution in [3.05, 3.63) is 64.7 Å². The van der Waals surface area contributed by atoms with E-state index in [-0.39, 0.29) is 16.7 Å². The molecule has 3 heteroatoms. The Balaban J connectivity index is 2.58. The van der Waals surface area contributed by atoms with Crippen LogP contribution in [0.25, 0.3) is 0 Å². The van der Waals surface area contributed by atoms with Gasteiger partial charge in [-0.15, -0.1) is 0 Å². The van der Waals surface area contributed by atoms with Crippen LogP contribution >= 0.6 is 0 Å². The molecule has 2 rings (SSSR count). The largest absolute Gasteiger partial charge is 0.507 e. The summed E-state index contributed by atoms with van der Waals surface area (Å²) in [4.78, 5) is 11.1. The lowest BCUT2D eigenvalue weighted by molar-refractivity contribution is 0.0693. The van der Waals surface area contributed by atoms with Gasteiger partial charge in [0.15, 0.2) is 0 Å². The van der Waals surface area contributed by atoms with Crippen LogP contribution in [0.15, 0.2) is 42.5 Å². The average Bonchev–Trinajstić information content (AvgIpc) is 2.38. The number of phenols is 1. The molecule has 20 heavy (non-hydrogen) atoms. The topological polar surface area (TPSA) is 57.5 Å². The third kappa shape index (κ3) is 2.39. The quantitative estimate of drug-likeness (QED) is 0.893. The SMILES string of the molecule is Cc1ccccc1C(C)(C)c1ccc(O)c(C(=O)O)c1. The highest BCUT2D eigenvalue weighted by Crippen LogP contribution is 2.35. The van der Waals surface area contributed by atoms with E-state index in [1.165, 1.54) is 6.07 Å². The van der Waals surface area contributed by atoms with Gasteiger partial charge in [0.25, 0.3) is 0 Å². The van der Waals surface area contributed by atoms with Gasteiger partial charge < -0.3 is 10.2 Å². The number of carboxylic acids is 1. The number of carbonyl (C=O) groups is 1. The number of aromatic carboxylic acids is 1. The predicted octanol–water partition coefficient (Wildman–Crippen LogP) is 3.72. The molecule has 104 valence electrons. The van der Waals surface area contributed by atoms with Gasteiger partial charge in [0.2, 0.25) is 0 Å². The van der Waals surface area contributed by atoms with Gasteiger partial charge in [-0.25, -0.2) is 4.79 Å². The summed E-state index contributed by atoms with van der Waals surface area (Å²) >= 11 is 0. The molecule has 0 radical (unpaired) electrons. The molecule has 0 heterocycles. The maximum atomic E-state index is 11.1. The zero-order chi connectivity index (χ0) is 14.9. The molecule has 0 fully saturated rings. The molecule has 3 nitrogen and oxygen atoms in total. The fraction of sp³-hybridized carbons (Fsp3) is 0.235. The van der Waals surface area contributed by atoms with Crippen LogP contribution in [0.1, 0.15) is 40.9 Å². The third-order valence-electron chi connectivity index (χ3n) is 3.77. The summed E-state index contributed by atoms with van der Waals surface area (Å²) in [6.45, 7) is 6.14. The Morgan fingerprint density at radius 3 is 2.35 bits per heavy atom. The molecule has 0 unspecified atom stereocenters. The van der Waals surface area contributed by atoms with E-state index in [4.69, 9.17) is 5.11 Å². The summed E-state index contributed by atoms with van der Waals surface area (Å²) in [5, 5.41) is 18.7. The van der Waals surface area contributed by atoms with Gasteiger partial charge in [-0.05, 0) is 35.7 Å². The van der Waals surface area contributed by atoms with Gasteiger partial charge in [-0.1, -0.05) is 44.2 Å². The van der Waals surface area contributed by atoms with Crippen molar-refractivity contribution < 1.29 is 15.0 Å². The molecule has 0 saturated heterocycles. The van der Waals surface area contributed by atoms with E-state index in [2.05, 4.69) is 0 Å². The molecule has 2 N–H and O–H groups in total. The Morgan fingerprint density at radius 1 is 1.10 bits per heavy atom. The molecule has 0 aliphatic heterocycles. The smallest absolute Gasteiger partial charge is 0.339 e. The standard InChI is InChI=1S/C17H18O3/c1-11-6-4-5-7-14(11)17(2,3)12-8-9-15(18)13(10-12)16(19)20/h4-10,18H,1-3H3,(H,19,20). The van der Waals surface area contributed by atoms with Crippen LogP contribution in [0.5, 0.6) is 5.75 Å². The van der Waals surface area contributed by atoms with Gasteiger partial charge in [0.05, 0.1) is 0 Å². The Hall–Kier alpha value is -2.29. The molecule has 0 aromatic heterocycles. The van der Waals surface area contributed by atoms with Gasteiger partial charge in [0.1, 0.15) is 11.3 Å². The first-order valence-corrected chi connectivity index (χ1v) is 6.47. The minimum atomic E-state index is -1.12. The number of aromatic hydroxyl groups is 1. The van der Waals surface area contributed by atoms with Gasteiger partial charge in [-0.2, -0.15) is 0 Å². The zero-order valence-electron chi connectivity index (χ0n) is 11.8. The number of benzene rings is 2. The first-order chi connectivity index (χ1) is 9.34. The summed E-state index contributed by atoms with van der Waals surface area (Å²) in [6, 6.07) is 12.8. The van der Waals surface area contributed by atoms with E-state index in [1.807, 2.05) is 45.0 Å². The fourth-order valence-electron chi connectivity index (χ4n) is 2.53. The Bertz CT molecular complexity index is 657. The predicted molar refractivity (Wildman–Crippen MR) is 78.4 cm³/mol. The Labute approximate surface area is 118 Å². The molecule has 0 saturated carbocycles. The van der Waals surface area contributed by atoms with Crippen LogP contribution in [0.3, 0.4) is 0 Å². The average molecular weight is 270 g/mol. The van der Waals surface area contributed by atoms with Crippen LogP contribution in [0, 0.1) is 6.92 Å². The first-order valence-electron chi connectivity index (χ1n) is 6.47. The number of hydrogen-bond donors (Lipinski definition) is 2. The van der Waals surface area contributed by atoms with Crippen molar-refractivity contribution in [3.63, 3.8) is 0 Å². The zero-order valence-corrected chi connectivity index (χ0v) is 11.8. The van der Waals surface area contributed by atoms with Crippen LogP contribution in [-0.4, -0.2) is 16.2 Å². The van der Waals surface area contributed by atoms with Crippen LogP contribution in [0.4, 0.5) is 0 Å². The van der Waals surface area contributed by atoms with E-state index >= 15 is 0 Å². The van der Waals surface area contributed by atoms with Crippen molar-refractivity contribution in [2.75, 3.05) is 0 Å². The van der Waals surface area contributed by atoms with Crippen LogP contribution < -0.4 is 0 Å². The molecule has 2 aromatic carbocycles. The number of carboxylic acid groups (broad SMARTS) is 1. The minimum Gasteiger partial charge on any atom is -0.507 e. The first kappa shape index (κ1) is 14.1. The van der Waals surface area contributed by atoms with Crippen molar-refractivity contribution >= 4 is 5.97 Å². The molecule has 0 aliphatic rings.